The average Bonchev–Trinajstić information content (AvgIpc) is 2.73. The third-order valence-electron chi connectivity index (χ3n) is 3.63. The molecule has 0 N–H and O–H groups in total. The smallest absolute Gasteiger partial charge is 0.230 e. The number of benzene rings is 1. The topological polar surface area (TPSA) is 20.1 Å². The van der Waals surface area contributed by atoms with Gasteiger partial charge >= 0.3 is 0 Å². The van der Waals surface area contributed by atoms with Crippen LogP contribution >= 0.6 is 11.6 Å². The van der Waals surface area contributed by atoms with Gasteiger partial charge in [0.2, 0.25) is 5.91 Å². The number of carbonyl (C=O) groups excluding carboxylic acids is 1. The van der Waals surface area contributed by atoms with Crippen molar-refractivity contribution in [3.05, 3.63) is 35.9 Å². The molecule has 1 unspecified atom stereocenters. The number of hydrogen-bond donors (Lipinski definition) is 0. The molecule has 0 aliphatic carbocycles. The van der Waals surface area contributed by atoms with Crippen LogP contribution in [0, 0.1) is 5.41 Å². The number of alkyl halides is 1. The van der Waals surface area contributed by atoms with Crippen LogP contribution in [-0.4, -0.2) is 16.3 Å². The van der Waals surface area contributed by atoms with Gasteiger partial charge in [-0.05, 0) is 19.4 Å². The van der Waals surface area contributed by atoms with Crippen molar-refractivity contribution in [2.24, 2.45) is 5.41 Å². The summed E-state index contributed by atoms with van der Waals surface area (Å²) in [6.45, 7) is 9.79. The molecule has 0 bridgehead atoms. The molecule has 1 heterocycles. The molecular weight excluding hydrogens is 246 g/mol. The molecular formula is C15H20ClNO. The van der Waals surface area contributed by atoms with Crippen molar-refractivity contribution in [1.82, 2.24) is 4.90 Å². The highest BCUT2D eigenvalue weighted by molar-refractivity contribution is 6.28. The minimum Gasteiger partial charge on any atom is -0.308 e. The van der Waals surface area contributed by atoms with E-state index in [2.05, 4.69) is 0 Å². The number of amides is 1. The summed E-state index contributed by atoms with van der Waals surface area (Å²) in [5, 5.41) is 0. The Bertz CT molecular complexity index is 475. The standard InChI is InChI=1S/C15H20ClNO/c1-13(2,3)12(18)17-14(4,5)15(17,16)11-9-7-6-8-10-11/h6-10H,1-5H3. The van der Waals surface area contributed by atoms with Crippen LogP contribution in [0.2, 0.25) is 0 Å². The van der Waals surface area contributed by atoms with Gasteiger partial charge in [0.15, 0.2) is 5.00 Å². The summed E-state index contributed by atoms with van der Waals surface area (Å²) >= 11 is 6.73. The number of carbonyl (C=O) groups is 1. The van der Waals surface area contributed by atoms with Gasteiger partial charge in [-0.15, -0.1) is 0 Å². The molecule has 0 radical (unpaired) electrons. The Morgan fingerprint density at radius 3 is 2.11 bits per heavy atom. The summed E-state index contributed by atoms with van der Waals surface area (Å²) in [6, 6.07) is 9.81. The second kappa shape index (κ2) is 3.74. The van der Waals surface area contributed by atoms with Crippen molar-refractivity contribution in [3.8, 4) is 0 Å². The second-order valence-corrected chi connectivity index (χ2v) is 6.98. The SMILES string of the molecule is CC(C)(C)C(=O)N1C(C)(C)C1(Cl)c1ccccc1. The first-order valence-corrected chi connectivity index (χ1v) is 6.60. The molecule has 2 rings (SSSR count). The van der Waals surface area contributed by atoms with Crippen molar-refractivity contribution in [2.45, 2.75) is 45.2 Å². The molecule has 98 valence electrons. The van der Waals surface area contributed by atoms with Crippen LogP contribution in [0.25, 0.3) is 0 Å². The van der Waals surface area contributed by atoms with E-state index in [1.54, 1.807) is 4.90 Å². The van der Waals surface area contributed by atoms with Crippen LogP contribution < -0.4 is 0 Å². The van der Waals surface area contributed by atoms with Crippen LogP contribution in [0.4, 0.5) is 0 Å². The van der Waals surface area contributed by atoms with E-state index >= 15 is 0 Å². The fourth-order valence-electron chi connectivity index (χ4n) is 2.41. The van der Waals surface area contributed by atoms with E-state index in [9.17, 15) is 4.79 Å². The van der Waals surface area contributed by atoms with E-state index in [-0.39, 0.29) is 11.4 Å². The van der Waals surface area contributed by atoms with Gasteiger partial charge in [-0.1, -0.05) is 62.7 Å². The van der Waals surface area contributed by atoms with E-state index in [4.69, 9.17) is 11.6 Å². The lowest BCUT2D eigenvalue weighted by molar-refractivity contribution is -0.135. The first-order chi connectivity index (χ1) is 8.13. The minimum atomic E-state index is -0.710. The van der Waals surface area contributed by atoms with Gasteiger partial charge in [-0.3, -0.25) is 4.79 Å². The highest BCUT2D eigenvalue weighted by atomic mass is 35.5. The summed E-state index contributed by atoms with van der Waals surface area (Å²) in [7, 11) is 0. The third-order valence-corrected chi connectivity index (χ3v) is 4.48. The van der Waals surface area contributed by atoms with Gasteiger partial charge < -0.3 is 4.90 Å². The monoisotopic (exact) mass is 265 g/mol. The van der Waals surface area contributed by atoms with Crippen LogP contribution in [0.3, 0.4) is 0 Å². The fraction of sp³-hybridized carbons (Fsp3) is 0.533. The van der Waals surface area contributed by atoms with Crippen LogP contribution in [-0.2, 0) is 9.79 Å². The number of rotatable bonds is 1. The molecule has 1 aliphatic heterocycles. The molecule has 0 saturated carbocycles. The van der Waals surface area contributed by atoms with Crippen LogP contribution in [0.5, 0.6) is 0 Å². The molecule has 1 saturated heterocycles. The molecule has 0 spiro atoms. The highest BCUT2D eigenvalue weighted by Gasteiger charge is 2.72. The van der Waals surface area contributed by atoms with Crippen molar-refractivity contribution in [2.75, 3.05) is 0 Å². The van der Waals surface area contributed by atoms with Crippen molar-refractivity contribution in [1.29, 1.82) is 0 Å². The zero-order chi connectivity index (χ0) is 13.8. The van der Waals surface area contributed by atoms with Crippen molar-refractivity contribution in [3.63, 3.8) is 0 Å². The average molecular weight is 266 g/mol. The Kier molecular flexibility index (Phi) is 2.78. The minimum absolute atomic E-state index is 0.0892. The van der Waals surface area contributed by atoms with Crippen molar-refractivity contribution >= 4 is 17.5 Å². The zero-order valence-electron chi connectivity index (χ0n) is 11.6. The Labute approximate surface area is 114 Å². The molecule has 1 aromatic carbocycles. The summed E-state index contributed by atoms with van der Waals surface area (Å²) in [5.74, 6) is 0.0892. The summed E-state index contributed by atoms with van der Waals surface area (Å²) in [4.78, 5) is 13.6. The van der Waals surface area contributed by atoms with Crippen molar-refractivity contribution < 1.29 is 4.79 Å². The normalized spacial score (nSPS) is 26.0. The first kappa shape index (κ1) is 13.4. The summed E-state index contributed by atoms with van der Waals surface area (Å²) in [6.07, 6.45) is 0. The number of hydrogen-bond acceptors (Lipinski definition) is 1. The molecule has 2 nitrogen and oxygen atoms in total. The summed E-state index contributed by atoms with van der Waals surface area (Å²) in [5.41, 5.74) is 0.220. The number of halogens is 1. The van der Waals surface area contributed by atoms with Gasteiger partial charge in [0, 0.05) is 5.41 Å². The number of nitrogens with zero attached hydrogens (tertiary/aromatic N) is 1. The molecule has 1 aliphatic rings. The maximum Gasteiger partial charge on any atom is 0.230 e. The second-order valence-electron chi connectivity index (χ2n) is 6.44. The quantitative estimate of drug-likeness (QED) is 0.430. The summed E-state index contributed by atoms with van der Waals surface area (Å²) < 4.78 is 0. The van der Waals surface area contributed by atoms with Gasteiger partial charge in [-0.2, -0.15) is 0 Å². The molecule has 1 fully saturated rings. The molecule has 3 heteroatoms. The lowest BCUT2D eigenvalue weighted by Crippen LogP contribution is -2.31. The molecule has 1 amide bonds. The predicted octanol–water partition coefficient (Wildman–Crippen LogP) is 3.75. The van der Waals surface area contributed by atoms with E-state index in [1.807, 2.05) is 65.0 Å². The van der Waals surface area contributed by atoms with Crippen LogP contribution in [0.1, 0.15) is 40.2 Å². The van der Waals surface area contributed by atoms with E-state index in [1.165, 1.54) is 0 Å². The van der Waals surface area contributed by atoms with Gasteiger partial charge in [0.05, 0.1) is 5.54 Å². The Morgan fingerprint density at radius 2 is 1.67 bits per heavy atom. The molecule has 0 aromatic heterocycles. The largest absolute Gasteiger partial charge is 0.308 e. The maximum absolute atomic E-state index is 12.5. The Balaban J connectivity index is 2.40. The lowest BCUT2D eigenvalue weighted by Gasteiger charge is -2.20. The van der Waals surface area contributed by atoms with E-state index in [0.29, 0.717) is 0 Å². The molecule has 18 heavy (non-hydrogen) atoms. The van der Waals surface area contributed by atoms with Gasteiger partial charge in [-0.25, -0.2) is 0 Å². The fourth-order valence-corrected chi connectivity index (χ4v) is 2.87. The zero-order valence-corrected chi connectivity index (χ0v) is 12.4. The lowest BCUT2D eigenvalue weighted by atomic mass is 9.95. The Morgan fingerprint density at radius 1 is 1.17 bits per heavy atom. The highest BCUT2D eigenvalue weighted by Crippen LogP contribution is 2.62. The third kappa shape index (κ3) is 1.66. The predicted molar refractivity (Wildman–Crippen MR) is 74.4 cm³/mol. The van der Waals surface area contributed by atoms with E-state index < -0.39 is 10.4 Å². The van der Waals surface area contributed by atoms with Gasteiger partial charge in [0.25, 0.3) is 0 Å². The van der Waals surface area contributed by atoms with Gasteiger partial charge in [0.1, 0.15) is 0 Å². The maximum atomic E-state index is 12.5. The van der Waals surface area contributed by atoms with Crippen LogP contribution in [0.15, 0.2) is 30.3 Å². The first-order valence-electron chi connectivity index (χ1n) is 6.22. The van der Waals surface area contributed by atoms with E-state index in [0.717, 1.165) is 5.56 Å². The molecule has 1 atom stereocenters. The Hall–Kier alpha value is -1.02. The molecule has 1 aromatic rings.